The van der Waals surface area contributed by atoms with Gasteiger partial charge in [-0.05, 0) is 59.4 Å². The van der Waals surface area contributed by atoms with E-state index in [1.165, 1.54) is 48.0 Å². The Balaban J connectivity index is 1.76. The van der Waals surface area contributed by atoms with Crippen molar-refractivity contribution in [2.24, 2.45) is 0 Å². The number of thiophene rings is 1. The van der Waals surface area contributed by atoms with E-state index < -0.39 is 0 Å². The summed E-state index contributed by atoms with van der Waals surface area (Å²) in [7, 11) is 2.23. The van der Waals surface area contributed by atoms with Crippen molar-refractivity contribution in [1.29, 1.82) is 0 Å². The molecule has 18 heavy (non-hydrogen) atoms. The van der Waals surface area contributed by atoms with Gasteiger partial charge in [-0.3, -0.25) is 0 Å². The van der Waals surface area contributed by atoms with Crippen molar-refractivity contribution in [1.82, 2.24) is 10.2 Å². The van der Waals surface area contributed by atoms with Gasteiger partial charge in [-0.15, -0.1) is 11.3 Å². The van der Waals surface area contributed by atoms with Gasteiger partial charge in [0.25, 0.3) is 0 Å². The Labute approximate surface area is 123 Å². The Kier molecular flexibility index (Phi) is 6.15. The van der Waals surface area contributed by atoms with Gasteiger partial charge in [-0.1, -0.05) is 19.3 Å². The predicted octanol–water partition coefficient (Wildman–Crippen LogP) is 3.86. The predicted molar refractivity (Wildman–Crippen MR) is 83.2 cm³/mol. The average Bonchev–Trinajstić information content (AvgIpc) is 2.67. The standard InChI is InChI=1S/C14H23BrN2S/c1-17(9-12-8-14(15)18-11-12)10-13-6-4-2-3-5-7-16-13/h8,11,13,16H,2-7,9-10H2,1H3. The summed E-state index contributed by atoms with van der Waals surface area (Å²) >= 11 is 5.30. The quantitative estimate of drug-likeness (QED) is 0.901. The Morgan fingerprint density at radius 2 is 2.22 bits per heavy atom. The highest BCUT2D eigenvalue weighted by molar-refractivity contribution is 9.11. The van der Waals surface area contributed by atoms with Gasteiger partial charge in [0.05, 0.1) is 3.79 Å². The molecule has 0 saturated carbocycles. The van der Waals surface area contributed by atoms with Crippen molar-refractivity contribution in [2.75, 3.05) is 20.1 Å². The summed E-state index contributed by atoms with van der Waals surface area (Å²) in [5, 5.41) is 5.94. The molecule has 4 heteroatoms. The maximum Gasteiger partial charge on any atom is 0.0701 e. The molecule has 0 aromatic carbocycles. The molecule has 0 aliphatic carbocycles. The zero-order valence-electron chi connectivity index (χ0n) is 11.1. The maximum atomic E-state index is 3.70. The molecule has 0 radical (unpaired) electrons. The summed E-state index contributed by atoms with van der Waals surface area (Å²) in [4.78, 5) is 2.44. The molecule has 0 amide bonds. The lowest BCUT2D eigenvalue weighted by Gasteiger charge is -2.26. The monoisotopic (exact) mass is 330 g/mol. The van der Waals surface area contributed by atoms with Crippen molar-refractivity contribution >= 4 is 27.3 Å². The summed E-state index contributed by atoms with van der Waals surface area (Å²) < 4.78 is 1.23. The molecule has 1 aliphatic rings. The molecule has 0 bridgehead atoms. The molecule has 1 aromatic heterocycles. The molecule has 102 valence electrons. The zero-order valence-corrected chi connectivity index (χ0v) is 13.5. The van der Waals surface area contributed by atoms with E-state index in [4.69, 9.17) is 0 Å². The molecule has 1 fully saturated rings. The molecule has 2 nitrogen and oxygen atoms in total. The third-order valence-electron chi connectivity index (χ3n) is 3.52. The number of hydrogen-bond acceptors (Lipinski definition) is 3. The number of nitrogens with one attached hydrogen (secondary N) is 1. The summed E-state index contributed by atoms with van der Waals surface area (Å²) in [6.07, 6.45) is 6.88. The third-order valence-corrected chi connectivity index (χ3v) is 5.07. The van der Waals surface area contributed by atoms with Crippen LogP contribution in [0.2, 0.25) is 0 Å². The molecule has 1 N–H and O–H groups in total. The maximum absolute atomic E-state index is 3.70. The van der Waals surface area contributed by atoms with Gasteiger partial charge in [0.2, 0.25) is 0 Å². The average molecular weight is 331 g/mol. The first-order valence-electron chi connectivity index (χ1n) is 6.89. The molecule has 1 aromatic rings. The lowest BCUT2D eigenvalue weighted by molar-refractivity contribution is 0.264. The van der Waals surface area contributed by atoms with Gasteiger partial charge in [-0.25, -0.2) is 0 Å². The van der Waals surface area contributed by atoms with E-state index in [-0.39, 0.29) is 0 Å². The fourth-order valence-electron chi connectivity index (χ4n) is 2.61. The summed E-state index contributed by atoms with van der Waals surface area (Å²) in [6, 6.07) is 2.91. The second kappa shape index (κ2) is 7.63. The Bertz CT molecular complexity index is 345. The van der Waals surface area contributed by atoms with Crippen molar-refractivity contribution in [3.05, 3.63) is 20.8 Å². The normalized spacial score (nSPS) is 21.8. The Hall–Kier alpha value is 0.1000. The van der Waals surface area contributed by atoms with Crippen molar-refractivity contribution < 1.29 is 0 Å². The van der Waals surface area contributed by atoms with E-state index in [1.54, 1.807) is 11.3 Å². The van der Waals surface area contributed by atoms with E-state index in [9.17, 15) is 0 Å². The molecular formula is C14H23BrN2S. The van der Waals surface area contributed by atoms with Gasteiger partial charge in [0.15, 0.2) is 0 Å². The van der Waals surface area contributed by atoms with Crippen LogP contribution in [-0.4, -0.2) is 31.1 Å². The lowest BCUT2D eigenvalue weighted by atomic mass is 10.0. The zero-order chi connectivity index (χ0) is 12.8. The van der Waals surface area contributed by atoms with Crippen LogP contribution in [-0.2, 0) is 6.54 Å². The van der Waals surface area contributed by atoms with E-state index in [0.717, 1.165) is 13.1 Å². The van der Waals surface area contributed by atoms with Gasteiger partial charge >= 0.3 is 0 Å². The summed E-state index contributed by atoms with van der Waals surface area (Å²) in [5.41, 5.74) is 1.42. The van der Waals surface area contributed by atoms with Crippen LogP contribution < -0.4 is 5.32 Å². The first-order valence-corrected chi connectivity index (χ1v) is 8.56. The lowest BCUT2D eigenvalue weighted by Crippen LogP contribution is -2.40. The Morgan fingerprint density at radius 3 is 3.00 bits per heavy atom. The molecular weight excluding hydrogens is 308 g/mol. The highest BCUT2D eigenvalue weighted by Gasteiger charge is 2.13. The number of likely N-dealkylation sites (N-methyl/N-ethyl adjacent to an activating group) is 1. The van der Waals surface area contributed by atoms with Crippen LogP contribution >= 0.6 is 27.3 Å². The first kappa shape index (κ1) is 14.5. The smallest absolute Gasteiger partial charge is 0.0701 e. The van der Waals surface area contributed by atoms with Gasteiger partial charge in [0, 0.05) is 19.1 Å². The van der Waals surface area contributed by atoms with E-state index in [0.29, 0.717) is 6.04 Å². The SMILES string of the molecule is CN(Cc1csc(Br)c1)CC1CCCCCCN1. The first-order chi connectivity index (χ1) is 8.74. The number of halogens is 1. The number of rotatable bonds is 4. The van der Waals surface area contributed by atoms with Crippen LogP contribution in [0.4, 0.5) is 0 Å². The largest absolute Gasteiger partial charge is 0.313 e. The second-order valence-corrected chi connectivity index (χ2v) is 7.60. The fourth-order valence-corrected chi connectivity index (χ4v) is 3.81. The minimum atomic E-state index is 0.678. The summed E-state index contributed by atoms with van der Waals surface area (Å²) in [6.45, 7) is 3.41. The molecule has 2 rings (SSSR count). The van der Waals surface area contributed by atoms with Crippen molar-refractivity contribution in [3.63, 3.8) is 0 Å². The number of nitrogens with zero attached hydrogens (tertiary/aromatic N) is 1. The van der Waals surface area contributed by atoms with Gasteiger partial charge in [-0.2, -0.15) is 0 Å². The molecule has 1 saturated heterocycles. The van der Waals surface area contributed by atoms with E-state index in [1.807, 2.05) is 0 Å². The Morgan fingerprint density at radius 1 is 1.39 bits per heavy atom. The van der Waals surface area contributed by atoms with Crippen LogP contribution in [0.1, 0.15) is 37.7 Å². The molecule has 1 aliphatic heterocycles. The second-order valence-electron chi connectivity index (χ2n) is 5.31. The van der Waals surface area contributed by atoms with Crippen molar-refractivity contribution in [3.8, 4) is 0 Å². The van der Waals surface area contributed by atoms with Crippen LogP contribution in [0.3, 0.4) is 0 Å². The minimum Gasteiger partial charge on any atom is -0.313 e. The van der Waals surface area contributed by atoms with Crippen LogP contribution in [0.15, 0.2) is 15.2 Å². The third kappa shape index (κ3) is 5.00. The highest BCUT2D eigenvalue weighted by Crippen LogP contribution is 2.21. The topological polar surface area (TPSA) is 15.3 Å². The van der Waals surface area contributed by atoms with E-state index >= 15 is 0 Å². The highest BCUT2D eigenvalue weighted by atomic mass is 79.9. The molecule has 1 atom stereocenters. The fraction of sp³-hybridized carbons (Fsp3) is 0.714. The number of hydrogen-bond donors (Lipinski definition) is 1. The molecule has 2 heterocycles. The van der Waals surface area contributed by atoms with Gasteiger partial charge < -0.3 is 10.2 Å². The van der Waals surface area contributed by atoms with Crippen LogP contribution in [0.5, 0.6) is 0 Å². The van der Waals surface area contributed by atoms with Crippen LogP contribution in [0, 0.1) is 0 Å². The summed E-state index contributed by atoms with van der Waals surface area (Å²) in [5.74, 6) is 0. The molecule has 1 unspecified atom stereocenters. The van der Waals surface area contributed by atoms with Crippen molar-refractivity contribution in [2.45, 2.75) is 44.7 Å². The van der Waals surface area contributed by atoms with Gasteiger partial charge in [0.1, 0.15) is 0 Å². The van der Waals surface area contributed by atoms with Crippen LogP contribution in [0.25, 0.3) is 0 Å². The minimum absolute atomic E-state index is 0.678. The van der Waals surface area contributed by atoms with E-state index in [2.05, 4.69) is 44.6 Å². The molecule has 0 spiro atoms.